The van der Waals surface area contributed by atoms with Gasteiger partial charge in [0, 0.05) is 34.5 Å². The number of rotatable bonds is 3. The zero-order valence-corrected chi connectivity index (χ0v) is 11.8. The number of carbonyl (C=O) groups excluding carboxylic acids is 1. The van der Waals surface area contributed by atoms with Gasteiger partial charge in [0.1, 0.15) is 0 Å². The first kappa shape index (κ1) is 12.2. The van der Waals surface area contributed by atoms with Gasteiger partial charge < -0.3 is 9.30 Å². The van der Waals surface area contributed by atoms with Crippen LogP contribution in [0.4, 0.5) is 0 Å². The van der Waals surface area contributed by atoms with E-state index in [0.29, 0.717) is 0 Å². The van der Waals surface area contributed by atoms with Crippen molar-refractivity contribution in [3.8, 4) is 0 Å². The molecular weight excluding hydrogens is 262 g/mol. The number of aryl methyl sites for hydroxylation is 1. The van der Waals surface area contributed by atoms with Crippen LogP contribution in [0.1, 0.15) is 24.2 Å². The first-order chi connectivity index (χ1) is 10.2. The fraction of sp³-hybridized carbons (Fsp3) is 0.167. The normalized spacial score (nSPS) is 16.0. The molecule has 3 heteroatoms. The molecule has 0 aliphatic heterocycles. The van der Waals surface area contributed by atoms with Crippen molar-refractivity contribution in [2.45, 2.75) is 19.6 Å². The lowest BCUT2D eigenvalue weighted by Crippen LogP contribution is -2.19. The van der Waals surface area contributed by atoms with E-state index in [4.69, 9.17) is 4.74 Å². The number of ether oxygens (including phenoxy) is 1. The first-order valence-corrected chi connectivity index (χ1v) is 7.12. The highest BCUT2D eigenvalue weighted by Gasteiger charge is 2.32. The number of esters is 1. The Kier molecular flexibility index (Phi) is 2.45. The van der Waals surface area contributed by atoms with Gasteiger partial charge in [-0.05, 0) is 30.7 Å². The highest BCUT2D eigenvalue weighted by Crippen LogP contribution is 2.45. The van der Waals surface area contributed by atoms with Gasteiger partial charge in [-0.2, -0.15) is 0 Å². The lowest BCUT2D eigenvalue weighted by Gasteiger charge is -2.28. The van der Waals surface area contributed by atoms with E-state index in [1.54, 1.807) is 0 Å². The van der Waals surface area contributed by atoms with Gasteiger partial charge in [0.15, 0.2) is 6.10 Å². The molecule has 0 fully saturated rings. The number of nitrogens with zero attached hydrogens (tertiary/aromatic N) is 1. The van der Waals surface area contributed by atoms with E-state index in [0.717, 1.165) is 17.7 Å². The minimum Gasteiger partial charge on any atom is -0.449 e. The third kappa shape index (κ3) is 1.51. The molecule has 21 heavy (non-hydrogen) atoms. The summed E-state index contributed by atoms with van der Waals surface area (Å²) in [5.74, 6) is -0.376. The smallest absolute Gasteiger partial charge is 0.331 e. The van der Waals surface area contributed by atoms with Crippen molar-refractivity contribution in [1.82, 2.24) is 4.57 Å². The summed E-state index contributed by atoms with van der Waals surface area (Å²) < 4.78 is 7.74. The fourth-order valence-electron chi connectivity index (χ4n) is 3.30. The Morgan fingerprint density at radius 2 is 2.14 bits per heavy atom. The molecular formula is C18H15NO2. The van der Waals surface area contributed by atoms with Gasteiger partial charge in [0.05, 0.1) is 5.52 Å². The van der Waals surface area contributed by atoms with Gasteiger partial charge in [-0.15, -0.1) is 0 Å². The quantitative estimate of drug-likeness (QED) is 0.536. The average Bonchev–Trinajstić information content (AvgIpc) is 2.86. The molecule has 0 saturated carbocycles. The molecule has 2 aliphatic carbocycles. The molecule has 0 N–H and O–H groups in total. The largest absolute Gasteiger partial charge is 0.449 e. The van der Waals surface area contributed by atoms with Crippen molar-refractivity contribution in [2.24, 2.45) is 0 Å². The summed E-state index contributed by atoms with van der Waals surface area (Å²) in [4.78, 5) is 11.5. The van der Waals surface area contributed by atoms with Gasteiger partial charge in [-0.3, -0.25) is 0 Å². The molecule has 0 radical (unpaired) electrons. The Bertz CT molecular complexity index is 904. The van der Waals surface area contributed by atoms with Crippen LogP contribution < -0.4 is 0 Å². The van der Waals surface area contributed by atoms with Crippen molar-refractivity contribution < 1.29 is 9.53 Å². The van der Waals surface area contributed by atoms with Crippen LogP contribution in [-0.2, 0) is 16.1 Å². The van der Waals surface area contributed by atoms with Crippen LogP contribution in [0.3, 0.4) is 0 Å². The van der Waals surface area contributed by atoms with E-state index in [1.807, 2.05) is 0 Å². The van der Waals surface area contributed by atoms with Gasteiger partial charge in [0.2, 0.25) is 0 Å². The van der Waals surface area contributed by atoms with Crippen LogP contribution in [0.5, 0.6) is 0 Å². The second kappa shape index (κ2) is 4.22. The number of hydrogen-bond acceptors (Lipinski definition) is 2. The number of fused-ring (bicyclic) bond motifs is 1. The third-order valence-electron chi connectivity index (χ3n) is 4.22. The summed E-state index contributed by atoms with van der Waals surface area (Å²) in [6.07, 6.45) is 0.975. The number of carbonyl (C=O) groups is 1. The molecule has 3 aromatic rings. The van der Waals surface area contributed by atoms with E-state index < -0.39 is 0 Å². The number of hydrogen-bond donors (Lipinski definition) is 0. The van der Waals surface area contributed by atoms with E-state index in [-0.39, 0.29) is 12.1 Å². The predicted molar refractivity (Wildman–Crippen MR) is 83.3 cm³/mol. The number of para-hydroxylation sites is 1. The molecule has 2 bridgehead atoms. The lowest BCUT2D eigenvalue weighted by molar-refractivity contribution is -0.141. The van der Waals surface area contributed by atoms with Crippen molar-refractivity contribution in [3.05, 3.63) is 60.2 Å². The Balaban J connectivity index is 1.98. The highest BCUT2D eigenvalue weighted by molar-refractivity contribution is 6.10. The minimum atomic E-state index is -0.376. The monoisotopic (exact) mass is 277 g/mol. The van der Waals surface area contributed by atoms with Crippen LogP contribution in [0.2, 0.25) is 0 Å². The van der Waals surface area contributed by atoms with Crippen LogP contribution in [0.25, 0.3) is 21.8 Å². The maximum Gasteiger partial charge on any atom is 0.331 e. The highest BCUT2D eigenvalue weighted by atomic mass is 16.5. The maximum absolute atomic E-state index is 11.5. The van der Waals surface area contributed by atoms with Crippen molar-refractivity contribution in [1.29, 1.82) is 0 Å². The summed E-state index contributed by atoms with van der Waals surface area (Å²) in [7, 11) is 0. The molecule has 104 valence electrons. The Hall–Kier alpha value is -2.55. The van der Waals surface area contributed by atoms with E-state index >= 15 is 0 Å². The summed E-state index contributed by atoms with van der Waals surface area (Å²) >= 11 is 0. The molecule has 1 heterocycles. The number of benzene rings is 2. The Morgan fingerprint density at radius 3 is 2.90 bits per heavy atom. The lowest BCUT2D eigenvalue weighted by atomic mass is 9.86. The second-order valence-corrected chi connectivity index (χ2v) is 5.29. The predicted octanol–water partition coefficient (Wildman–Crippen LogP) is 3.95. The van der Waals surface area contributed by atoms with E-state index in [2.05, 4.69) is 54.5 Å². The topological polar surface area (TPSA) is 31.2 Å². The average molecular weight is 277 g/mol. The molecule has 5 rings (SSSR count). The zero-order chi connectivity index (χ0) is 14.6. The summed E-state index contributed by atoms with van der Waals surface area (Å²) in [5.41, 5.74) is 4.56. The summed E-state index contributed by atoms with van der Waals surface area (Å²) in [6.45, 7) is 6.48. The fourth-order valence-corrected chi connectivity index (χ4v) is 3.30. The SMILES string of the molecule is C=CC(=O)OC1c2cc1c1c(c2)c2ccccc2n1CC. The molecule has 0 spiro atoms. The summed E-state index contributed by atoms with van der Waals surface area (Å²) in [5, 5.41) is 2.50. The molecule has 0 amide bonds. The molecule has 2 aromatic carbocycles. The van der Waals surface area contributed by atoms with Gasteiger partial charge in [0.25, 0.3) is 0 Å². The third-order valence-corrected chi connectivity index (χ3v) is 4.22. The molecule has 1 atom stereocenters. The molecule has 0 saturated heterocycles. The minimum absolute atomic E-state index is 0.238. The zero-order valence-electron chi connectivity index (χ0n) is 11.8. The molecule has 3 nitrogen and oxygen atoms in total. The standard InChI is InChI=1S/C18H15NO2/c1-3-16(20)21-18-11-9-13-12-7-5-6-8-15(12)19(4-2)17(13)14(18)10-11/h3,5-10,18H,1,4H2,2H3. The molecule has 1 unspecified atom stereocenters. The van der Waals surface area contributed by atoms with Gasteiger partial charge >= 0.3 is 5.97 Å². The van der Waals surface area contributed by atoms with Crippen LogP contribution in [0.15, 0.2) is 49.1 Å². The van der Waals surface area contributed by atoms with Crippen molar-refractivity contribution >= 4 is 27.8 Å². The molecule has 1 aromatic heterocycles. The Labute approximate surface area is 122 Å². The number of aromatic nitrogens is 1. The van der Waals surface area contributed by atoms with Crippen molar-refractivity contribution in [3.63, 3.8) is 0 Å². The molecule has 2 aliphatic rings. The van der Waals surface area contributed by atoms with Crippen LogP contribution in [0, 0.1) is 0 Å². The van der Waals surface area contributed by atoms with E-state index in [9.17, 15) is 4.79 Å². The summed E-state index contributed by atoms with van der Waals surface area (Å²) in [6, 6.07) is 12.6. The Morgan fingerprint density at radius 1 is 1.33 bits per heavy atom. The van der Waals surface area contributed by atoms with E-state index in [1.165, 1.54) is 27.9 Å². The first-order valence-electron chi connectivity index (χ1n) is 7.12. The van der Waals surface area contributed by atoms with Crippen molar-refractivity contribution in [2.75, 3.05) is 0 Å². The van der Waals surface area contributed by atoms with Crippen LogP contribution >= 0.6 is 0 Å². The second-order valence-electron chi connectivity index (χ2n) is 5.29. The van der Waals surface area contributed by atoms with Gasteiger partial charge in [-0.1, -0.05) is 24.8 Å². The maximum atomic E-state index is 11.5. The van der Waals surface area contributed by atoms with Gasteiger partial charge in [-0.25, -0.2) is 4.79 Å². The van der Waals surface area contributed by atoms with Crippen LogP contribution in [-0.4, -0.2) is 10.5 Å².